The SMILES string of the molecule is Cc1ccc(S(=O)(=O)N(CC(=O)NC2CC2)c2ccc(Br)cc2)cc1. The van der Waals surface area contributed by atoms with Crippen LogP contribution in [0.3, 0.4) is 0 Å². The lowest BCUT2D eigenvalue weighted by atomic mass is 10.2. The molecule has 1 aliphatic rings. The number of benzene rings is 2. The van der Waals surface area contributed by atoms with Gasteiger partial charge >= 0.3 is 0 Å². The summed E-state index contributed by atoms with van der Waals surface area (Å²) in [6, 6.07) is 13.7. The van der Waals surface area contributed by atoms with Gasteiger partial charge < -0.3 is 5.32 Å². The number of amides is 1. The lowest BCUT2D eigenvalue weighted by molar-refractivity contribution is -0.119. The van der Waals surface area contributed by atoms with Crippen molar-refractivity contribution < 1.29 is 13.2 Å². The van der Waals surface area contributed by atoms with E-state index in [-0.39, 0.29) is 23.4 Å². The van der Waals surface area contributed by atoms with Crippen molar-refractivity contribution in [3.8, 4) is 0 Å². The van der Waals surface area contributed by atoms with Gasteiger partial charge in [0.2, 0.25) is 5.91 Å². The quantitative estimate of drug-likeness (QED) is 0.776. The summed E-state index contributed by atoms with van der Waals surface area (Å²) < 4.78 is 28.2. The average Bonchev–Trinajstić information content (AvgIpc) is 3.38. The molecular weight excluding hydrogens is 404 g/mol. The molecule has 0 radical (unpaired) electrons. The minimum Gasteiger partial charge on any atom is -0.352 e. The van der Waals surface area contributed by atoms with Crippen molar-refractivity contribution in [3.63, 3.8) is 0 Å². The second-order valence-electron chi connectivity index (χ2n) is 6.14. The van der Waals surface area contributed by atoms with Gasteiger partial charge in [0.25, 0.3) is 10.0 Å². The fourth-order valence-electron chi connectivity index (χ4n) is 2.39. The van der Waals surface area contributed by atoms with Gasteiger partial charge in [-0.2, -0.15) is 0 Å². The Bertz CT molecular complexity index is 860. The molecule has 5 nitrogen and oxygen atoms in total. The van der Waals surface area contributed by atoms with Gasteiger partial charge in [0, 0.05) is 10.5 Å². The molecule has 2 aromatic carbocycles. The van der Waals surface area contributed by atoms with Gasteiger partial charge in [-0.05, 0) is 56.2 Å². The molecule has 3 rings (SSSR count). The van der Waals surface area contributed by atoms with E-state index in [9.17, 15) is 13.2 Å². The third-order valence-electron chi connectivity index (χ3n) is 3.95. The Morgan fingerprint density at radius 3 is 2.28 bits per heavy atom. The topological polar surface area (TPSA) is 66.5 Å². The number of rotatable bonds is 6. The zero-order valence-corrected chi connectivity index (χ0v) is 16.2. The summed E-state index contributed by atoms with van der Waals surface area (Å²) >= 11 is 3.34. The molecule has 0 atom stereocenters. The highest BCUT2D eigenvalue weighted by Crippen LogP contribution is 2.26. The second kappa shape index (κ2) is 7.17. The number of anilines is 1. The molecule has 132 valence electrons. The molecule has 1 N–H and O–H groups in total. The molecule has 25 heavy (non-hydrogen) atoms. The second-order valence-corrected chi connectivity index (χ2v) is 8.92. The largest absolute Gasteiger partial charge is 0.352 e. The van der Waals surface area contributed by atoms with Crippen LogP contribution >= 0.6 is 15.9 Å². The van der Waals surface area contributed by atoms with Crippen LogP contribution < -0.4 is 9.62 Å². The molecule has 0 saturated heterocycles. The molecule has 1 saturated carbocycles. The third-order valence-corrected chi connectivity index (χ3v) is 6.27. The Morgan fingerprint density at radius 1 is 1.12 bits per heavy atom. The molecule has 0 aromatic heterocycles. The normalized spacial score (nSPS) is 14.2. The standard InChI is InChI=1S/C18H19BrN2O3S/c1-13-2-10-17(11-3-13)25(23,24)21(12-18(22)20-15-6-7-15)16-8-4-14(19)5-9-16/h2-5,8-11,15H,6-7,12H2,1H3,(H,20,22). The van der Waals surface area contributed by atoms with Gasteiger partial charge in [0.1, 0.15) is 6.54 Å². The Morgan fingerprint density at radius 2 is 1.72 bits per heavy atom. The van der Waals surface area contributed by atoms with E-state index in [1.54, 1.807) is 48.5 Å². The van der Waals surface area contributed by atoms with Crippen molar-refractivity contribution in [2.24, 2.45) is 0 Å². The molecule has 1 aliphatic carbocycles. The molecule has 1 fully saturated rings. The van der Waals surface area contributed by atoms with E-state index in [2.05, 4.69) is 21.2 Å². The molecule has 0 spiro atoms. The van der Waals surface area contributed by atoms with E-state index < -0.39 is 10.0 Å². The first-order chi connectivity index (χ1) is 11.9. The predicted octanol–water partition coefficient (Wildman–Crippen LogP) is 3.23. The van der Waals surface area contributed by atoms with E-state index in [0.717, 1.165) is 27.2 Å². The van der Waals surface area contributed by atoms with Crippen molar-refractivity contribution in [1.29, 1.82) is 0 Å². The summed E-state index contributed by atoms with van der Waals surface area (Å²) in [5.41, 5.74) is 1.43. The highest BCUT2D eigenvalue weighted by molar-refractivity contribution is 9.10. The van der Waals surface area contributed by atoms with E-state index in [0.29, 0.717) is 5.69 Å². The van der Waals surface area contributed by atoms with E-state index >= 15 is 0 Å². The number of carbonyl (C=O) groups is 1. The highest BCUT2D eigenvalue weighted by Gasteiger charge is 2.29. The molecule has 0 bridgehead atoms. The predicted molar refractivity (Wildman–Crippen MR) is 101 cm³/mol. The fourth-order valence-corrected chi connectivity index (χ4v) is 4.08. The van der Waals surface area contributed by atoms with Crippen LogP contribution in [0.2, 0.25) is 0 Å². The Labute approximate surface area is 156 Å². The number of hydrogen-bond donors (Lipinski definition) is 1. The van der Waals surface area contributed by atoms with Crippen LogP contribution in [0.4, 0.5) is 5.69 Å². The van der Waals surface area contributed by atoms with Crippen LogP contribution in [0.1, 0.15) is 18.4 Å². The van der Waals surface area contributed by atoms with Crippen LogP contribution in [0.5, 0.6) is 0 Å². The Hall–Kier alpha value is -1.86. The summed E-state index contributed by atoms with van der Waals surface area (Å²) in [6.45, 7) is 1.65. The summed E-state index contributed by atoms with van der Waals surface area (Å²) in [7, 11) is -3.84. The fraction of sp³-hybridized carbons (Fsp3) is 0.278. The molecule has 1 amide bonds. The molecule has 2 aromatic rings. The smallest absolute Gasteiger partial charge is 0.264 e. The van der Waals surface area contributed by atoms with Crippen molar-refractivity contribution in [2.75, 3.05) is 10.8 Å². The minimum absolute atomic E-state index is 0.167. The van der Waals surface area contributed by atoms with Crippen LogP contribution in [0, 0.1) is 6.92 Å². The van der Waals surface area contributed by atoms with Crippen LogP contribution in [-0.4, -0.2) is 26.9 Å². The number of aryl methyl sites for hydroxylation is 1. The maximum absolute atomic E-state index is 13.1. The molecular formula is C18H19BrN2O3S. The Kier molecular flexibility index (Phi) is 5.15. The maximum Gasteiger partial charge on any atom is 0.264 e. The number of hydrogen-bond acceptors (Lipinski definition) is 3. The van der Waals surface area contributed by atoms with Crippen LogP contribution in [-0.2, 0) is 14.8 Å². The lowest BCUT2D eigenvalue weighted by Crippen LogP contribution is -2.41. The van der Waals surface area contributed by atoms with Crippen molar-refractivity contribution in [1.82, 2.24) is 5.32 Å². The van der Waals surface area contributed by atoms with Gasteiger partial charge in [0.05, 0.1) is 10.6 Å². The number of sulfonamides is 1. The van der Waals surface area contributed by atoms with E-state index in [4.69, 9.17) is 0 Å². The first kappa shape index (κ1) is 17.9. The zero-order chi connectivity index (χ0) is 18.0. The van der Waals surface area contributed by atoms with Gasteiger partial charge in [-0.25, -0.2) is 8.42 Å². The zero-order valence-electron chi connectivity index (χ0n) is 13.8. The van der Waals surface area contributed by atoms with Gasteiger partial charge in [-0.3, -0.25) is 9.10 Å². The van der Waals surface area contributed by atoms with Crippen molar-refractivity contribution in [3.05, 3.63) is 58.6 Å². The summed E-state index contributed by atoms with van der Waals surface area (Å²) in [5.74, 6) is -0.291. The average molecular weight is 423 g/mol. The number of halogens is 1. The molecule has 0 heterocycles. The van der Waals surface area contributed by atoms with E-state index in [1.807, 2.05) is 6.92 Å². The van der Waals surface area contributed by atoms with E-state index in [1.165, 1.54) is 0 Å². The maximum atomic E-state index is 13.1. The molecule has 0 unspecified atom stereocenters. The number of carbonyl (C=O) groups excluding carboxylic acids is 1. The monoisotopic (exact) mass is 422 g/mol. The van der Waals surface area contributed by atoms with Gasteiger partial charge in [-0.1, -0.05) is 33.6 Å². The Balaban J connectivity index is 1.94. The molecule has 7 heteroatoms. The van der Waals surface area contributed by atoms with Crippen molar-refractivity contribution >= 4 is 37.5 Å². The summed E-state index contributed by atoms with van der Waals surface area (Å²) in [4.78, 5) is 12.4. The summed E-state index contributed by atoms with van der Waals surface area (Å²) in [6.07, 6.45) is 1.91. The molecule has 0 aliphatic heterocycles. The van der Waals surface area contributed by atoms with Gasteiger partial charge in [-0.15, -0.1) is 0 Å². The van der Waals surface area contributed by atoms with Gasteiger partial charge in [0.15, 0.2) is 0 Å². The van der Waals surface area contributed by atoms with Crippen LogP contribution in [0.25, 0.3) is 0 Å². The van der Waals surface area contributed by atoms with Crippen molar-refractivity contribution in [2.45, 2.75) is 30.7 Å². The number of nitrogens with one attached hydrogen (secondary N) is 1. The number of nitrogens with zero attached hydrogens (tertiary/aromatic N) is 1. The third kappa shape index (κ3) is 4.41. The summed E-state index contributed by atoms with van der Waals surface area (Å²) in [5, 5.41) is 2.84. The lowest BCUT2D eigenvalue weighted by Gasteiger charge is -2.24. The van der Waals surface area contributed by atoms with Crippen LogP contribution in [0.15, 0.2) is 57.9 Å². The minimum atomic E-state index is -3.84. The first-order valence-corrected chi connectivity index (χ1v) is 10.2. The first-order valence-electron chi connectivity index (χ1n) is 8.00. The highest BCUT2D eigenvalue weighted by atomic mass is 79.9.